The number of carbonyl (C=O) groups is 1. The Balaban J connectivity index is 1.87. The van der Waals surface area contributed by atoms with E-state index < -0.39 is 23.1 Å². The Hall–Kier alpha value is -2.83. The fourth-order valence-electron chi connectivity index (χ4n) is 5.10. The third-order valence-corrected chi connectivity index (χ3v) is 8.26. The molecule has 0 spiro atoms. The zero-order chi connectivity index (χ0) is 31.8. The van der Waals surface area contributed by atoms with Crippen LogP contribution in [0.4, 0.5) is 19.3 Å². The molecule has 3 aromatic rings. The van der Waals surface area contributed by atoms with E-state index in [1.54, 1.807) is 19.2 Å². The van der Waals surface area contributed by atoms with Gasteiger partial charge in [0.05, 0.1) is 15.7 Å². The lowest BCUT2D eigenvalue weighted by molar-refractivity contribution is 0.212. The maximum atomic E-state index is 15.1. The van der Waals surface area contributed by atoms with E-state index >= 15 is 4.39 Å². The number of likely N-dealkylation sites (N-methyl/N-ethyl adjacent to an activating group) is 1. The lowest BCUT2D eigenvalue weighted by Crippen LogP contribution is -2.40. The number of nitrogens with one attached hydrogen (secondary N) is 1. The predicted octanol–water partition coefficient (Wildman–Crippen LogP) is 9.80. The molecule has 0 atom stereocenters. The van der Waals surface area contributed by atoms with E-state index in [0.29, 0.717) is 28.6 Å². The summed E-state index contributed by atoms with van der Waals surface area (Å²) in [7, 11) is 1.62. The molecule has 0 aliphatic carbocycles. The third-order valence-electron chi connectivity index (χ3n) is 7.52. The fraction of sp³-hybridized carbons (Fsp3) is 0.441. The van der Waals surface area contributed by atoms with Crippen LogP contribution in [0.1, 0.15) is 83.2 Å². The van der Waals surface area contributed by atoms with Gasteiger partial charge >= 0.3 is 6.03 Å². The van der Waals surface area contributed by atoms with Crippen molar-refractivity contribution in [1.82, 2.24) is 4.90 Å². The molecule has 0 heterocycles. The highest BCUT2D eigenvalue weighted by Gasteiger charge is 2.28. The summed E-state index contributed by atoms with van der Waals surface area (Å²) >= 11 is 12.3. The van der Waals surface area contributed by atoms with E-state index in [0.717, 1.165) is 28.3 Å². The molecule has 0 aliphatic heterocycles. The summed E-state index contributed by atoms with van der Waals surface area (Å²) in [4.78, 5) is 14.7. The van der Waals surface area contributed by atoms with Gasteiger partial charge in [0.15, 0.2) is 0 Å². The molecule has 0 saturated carbocycles. The quantitative estimate of drug-likeness (QED) is 0.277. The van der Waals surface area contributed by atoms with E-state index in [1.165, 1.54) is 11.0 Å². The number of nitrogens with zero attached hydrogens (tertiary/aromatic N) is 1. The summed E-state index contributed by atoms with van der Waals surface area (Å²) in [6.07, 6.45) is 0.735. The monoisotopic (exact) mass is 618 g/mol. The van der Waals surface area contributed by atoms with E-state index in [2.05, 4.69) is 5.32 Å². The number of hydrogen-bond donors (Lipinski definition) is 2. The van der Waals surface area contributed by atoms with Crippen LogP contribution in [-0.2, 0) is 29.1 Å². The number of rotatable bonds is 7. The third kappa shape index (κ3) is 7.96. The van der Waals surface area contributed by atoms with Gasteiger partial charge in [0.2, 0.25) is 0 Å². The second-order valence-electron chi connectivity index (χ2n) is 13.8. The van der Waals surface area contributed by atoms with Crippen LogP contribution >= 0.6 is 23.2 Å². The van der Waals surface area contributed by atoms with Gasteiger partial charge in [0.1, 0.15) is 17.4 Å². The molecule has 8 heteroatoms. The molecule has 4 nitrogen and oxygen atoms in total. The van der Waals surface area contributed by atoms with Crippen LogP contribution in [0.25, 0.3) is 0 Å². The zero-order valence-corrected chi connectivity index (χ0v) is 27.5. The van der Waals surface area contributed by atoms with Crippen LogP contribution in [0.5, 0.6) is 5.75 Å². The number of amides is 2. The number of aryl methyl sites for hydroxylation is 2. The van der Waals surface area contributed by atoms with Crippen LogP contribution in [0.3, 0.4) is 0 Å². The van der Waals surface area contributed by atoms with Gasteiger partial charge in [-0.1, -0.05) is 96.8 Å². The van der Waals surface area contributed by atoms with Gasteiger partial charge in [-0.15, -0.1) is 0 Å². The number of carbonyl (C=O) groups excluding carboxylic acids is 1. The summed E-state index contributed by atoms with van der Waals surface area (Å²) in [5.74, 6) is -1.28. The first-order valence-electron chi connectivity index (χ1n) is 14.0. The van der Waals surface area contributed by atoms with Crippen LogP contribution in [0.15, 0.2) is 42.5 Å². The van der Waals surface area contributed by atoms with E-state index in [1.807, 2.05) is 73.6 Å². The molecule has 0 fully saturated rings. The Kier molecular flexibility index (Phi) is 9.95. The molecule has 2 N–H and O–H groups in total. The SMILES string of the molecule is CN(CC(C)(C)c1ccc(Cl)c(Cl)c1)C(=O)Nc1c(F)cc(F)cc1CCc1cc(C(C)(C)C)c(O)c(C(C)(C)C)c1. The first kappa shape index (κ1) is 33.7. The Labute approximate surface area is 259 Å². The smallest absolute Gasteiger partial charge is 0.321 e. The van der Waals surface area contributed by atoms with Gasteiger partial charge in [-0.25, -0.2) is 13.6 Å². The molecule has 3 rings (SSSR count). The van der Waals surface area contributed by atoms with Gasteiger partial charge in [-0.3, -0.25) is 0 Å². The standard InChI is InChI=1S/C34H42Cl2F2N2O2/c1-32(2,3)24-14-20(15-25(30(24)41)33(4,5)6)10-11-21-16-23(37)18-28(38)29(21)39-31(42)40(9)19-34(7,8)22-12-13-26(35)27(36)17-22/h12-18,41H,10-11,19H2,1-9H3,(H,39,42). The second-order valence-corrected chi connectivity index (χ2v) is 14.6. The number of benzene rings is 3. The summed E-state index contributed by atoms with van der Waals surface area (Å²) in [6.45, 7) is 16.4. The van der Waals surface area contributed by atoms with Crippen molar-refractivity contribution in [3.8, 4) is 5.75 Å². The normalized spacial score (nSPS) is 12.4. The van der Waals surface area contributed by atoms with E-state index in [4.69, 9.17) is 23.2 Å². The van der Waals surface area contributed by atoms with Crippen LogP contribution in [-0.4, -0.2) is 29.6 Å². The first-order valence-corrected chi connectivity index (χ1v) is 14.8. The summed E-state index contributed by atoms with van der Waals surface area (Å²) in [5.41, 5.74) is 2.66. The topological polar surface area (TPSA) is 52.6 Å². The van der Waals surface area contributed by atoms with Gasteiger partial charge in [-0.05, 0) is 69.7 Å². The zero-order valence-electron chi connectivity index (χ0n) is 26.0. The Morgan fingerprint density at radius 1 is 0.857 bits per heavy atom. The second kappa shape index (κ2) is 12.4. The molecule has 0 aliphatic rings. The number of anilines is 1. The largest absolute Gasteiger partial charge is 0.507 e. The number of phenols is 1. The highest BCUT2D eigenvalue weighted by Crippen LogP contribution is 2.40. The Morgan fingerprint density at radius 3 is 1.95 bits per heavy atom. The highest BCUT2D eigenvalue weighted by molar-refractivity contribution is 6.42. The number of phenolic OH excluding ortho intramolecular Hbond substituents is 1. The molecule has 0 bridgehead atoms. The summed E-state index contributed by atoms with van der Waals surface area (Å²) in [6, 6.07) is 10.8. The summed E-state index contributed by atoms with van der Waals surface area (Å²) < 4.78 is 29.5. The molecular weight excluding hydrogens is 577 g/mol. The van der Waals surface area contributed by atoms with Gasteiger partial charge in [0, 0.05) is 25.1 Å². The first-order chi connectivity index (χ1) is 19.2. The van der Waals surface area contributed by atoms with Gasteiger partial charge in [-0.2, -0.15) is 0 Å². The maximum absolute atomic E-state index is 15.1. The Morgan fingerprint density at radius 2 is 1.43 bits per heavy atom. The molecule has 0 aromatic heterocycles. The number of urea groups is 1. The van der Waals surface area contributed by atoms with Gasteiger partial charge < -0.3 is 15.3 Å². The van der Waals surface area contributed by atoms with Crippen molar-refractivity contribution in [1.29, 1.82) is 0 Å². The molecule has 42 heavy (non-hydrogen) atoms. The molecule has 0 radical (unpaired) electrons. The van der Waals surface area contributed by atoms with Crippen molar-refractivity contribution < 1.29 is 18.7 Å². The van der Waals surface area contributed by atoms with Crippen LogP contribution < -0.4 is 5.32 Å². The van der Waals surface area contributed by atoms with Crippen LogP contribution in [0.2, 0.25) is 10.0 Å². The summed E-state index contributed by atoms with van der Waals surface area (Å²) in [5, 5.41) is 14.6. The lowest BCUT2D eigenvalue weighted by Gasteiger charge is -2.31. The van der Waals surface area contributed by atoms with Crippen molar-refractivity contribution >= 4 is 34.9 Å². The minimum Gasteiger partial charge on any atom is -0.507 e. The van der Waals surface area contributed by atoms with Crippen molar-refractivity contribution in [3.63, 3.8) is 0 Å². The number of hydrogen-bond acceptors (Lipinski definition) is 2. The molecule has 3 aromatic carbocycles. The van der Waals surface area contributed by atoms with Crippen molar-refractivity contribution in [2.75, 3.05) is 18.9 Å². The minimum atomic E-state index is -0.841. The predicted molar refractivity (Wildman–Crippen MR) is 170 cm³/mol. The minimum absolute atomic E-state index is 0.0496. The molecular formula is C34H42Cl2F2N2O2. The van der Waals surface area contributed by atoms with Crippen LogP contribution in [0, 0.1) is 11.6 Å². The Bertz CT molecular complexity index is 1440. The van der Waals surface area contributed by atoms with Gasteiger partial charge in [0.25, 0.3) is 0 Å². The number of halogens is 4. The van der Waals surface area contributed by atoms with Crippen molar-refractivity contribution in [2.24, 2.45) is 0 Å². The fourth-order valence-corrected chi connectivity index (χ4v) is 5.40. The molecule has 2 amide bonds. The average Bonchev–Trinajstić information content (AvgIpc) is 2.84. The molecule has 0 unspecified atom stereocenters. The molecule has 0 saturated heterocycles. The van der Waals surface area contributed by atoms with Crippen molar-refractivity contribution in [3.05, 3.63) is 92.0 Å². The highest BCUT2D eigenvalue weighted by atomic mass is 35.5. The lowest BCUT2D eigenvalue weighted by atomic mass is 9.78. The van der Waals surface area contributed by atoms with E-state index in [9.17, 15) is 14.3 Å². The maximum Gasteiger partial charge on any atom is 0.321 e. The average molecular weight is 620 g/mol. The van der Waals surface area contributed by atoms with E-state index in [-0.39, 0.29) is 28.7 Å². The van der Waals surface area contributed by atoms with Crippen molar-refractivity contribution in [2.45, 2.75) is 84.5 Å². The number of aromatic hydroxyl groups is 1. The molecule has 228 valence electrons.